The van der Waals surface area contributed by atoms with E-state index < -0.39 is 9.04 Å². The minimum atomic E-state index is -1.11. The zero-order valence-corrected chi connectivity index (χ0v) is 13.4. The number of carbonyl (C=O) groups excluding carboxylic acids is 1. The second-order valence-corrected chi connectivity index (χ2v) is 8.40. The average molecular weight is 268 g/mol. The third-order valence-corrected chi connectivity index (χ3v) is 3.81. The van der Waals surface area contributed by atoms with E-state index in [2.05, 4.69) is 38.8 Å². The second-order valence-electron chi connectivity index (χ2n) is 6.03. The second kappa shape index (κ2) is 5.80. The molecule has 4 nitrogen and oxygen atoms in total. The maximum absolute atomic E-state index is 11.0. The van der Waals surface area contributed by atoms with Gasteiger partial charge in [-0.3, -0.25) is 4.79 Å². The van der Waals surface area contributed by atoms with Crippen LogP contribution in [0.3, 0.4) is 0 Å². The predicted molar refractivity (Wildman–Crippen MR) is 75.6 cm³/mol. The summed E-state index contributed by atoms with van der Waals surface area (Å²) < 4.78 is 8.06. The van der Waals surface area contributed by atoms with E-state index in [1.165, 1.54) is 0 Å². The van der Waals surface area contributed by atoms with Crippen molar-refractivity contribution in [3.05, 3.63) is 17.7 Å². The minimum Gasteiger partial charge on any atom is -0.415 e. The standard InChI is InChI=1S/C13H24N2O2Si/c1-10-7-14-12(9-16)15(10)8-11(13(2,3)4)17-18(5)6/h7,9,11,18H,8H2,1-6H3. The van der Waals surface area contributed by atoms with E-state index in [1.54, 1.807) is 6.20 Å². The monoisotopic (exact) mass is 268 g/mol. The quantitative estimate of drug-likeness (QED) is 0.608. The first kappa shape index (κ1) is 15.1. The minimum absolute atomic E-state index is 0.0497. The highest BCUT2D eigenvalue weighted by Crippen LogP contribution is 2.25. The number of aryl methyl sites for hydroxylation is 1. The first-order valence-corrected chi connectivity index (χ1v) is 9.16. The van der Waals surface area contributed by atoms with E-state index in [9.17, 15) is 4.79 Å². The van der Waals surface area contributed by atoms with E-state index in [-0.39, 0.29) is 11.5 Å². The maximum atomic E-state index is 11.0. The summed E-state index contributed by atoms with van der Waals surface area (Å²) in [5, 5.41) is 0. The van der Waals surface area contributed by atoms with E-state index in [1.807, 2.05) is 11.5 Å². The molecule has 0 aliphatic carbocycles. The molecule has 0 spiro atoms. The van der Waals surface area contributed by atoms with Gasteiger partial charge in [0.15, 0.2) is 21.2 Å². The molecular weight excluding hydrogens is 244 g/mol. The largest absolute Gasteiger partial charge is 0.415 e. The predicted octanol–water partition coefficient (Wildman–Crippen LogP) is 2.42. The van der Waals surface area contributed by atoms with Gasteiger partial charge >= 0.3 is 0 Å². The van der Waals surface area contributed by atoms with Crippen LogP contribution in [0.15, 0.2) is 6.20 Å². The molecule has 0 fully saturated rings. The Kier molecular flexibility index (Phi) is 4.87. The molecule has 1 heterocycles. The third-order valence-electron chi connectivity index (χ3n) is 2.94. The first-order valence-electron chi connectivity index (χ1n) is 6.38. The fourth-order valence-corrected chi connectivity index (χ4v) is 2.98. The van der Waals surface area contributed by atoms with Gasteiger partial charge in [-0.2, -0.15) is 0 Å². The lowest BCUT2D eigenvalue weighted by Gasteiger charge is -2.33. The first-order chi connectivity index (χ1) is 8.25. The molecule has 0 aliphatic heterocycles. The smallest absolute Gasteiger partial charge is 0.185 e. The lowest BCUT2D eigenvalue weighted by atomic mass is 9.89. The van der Waals surface area contributed by atoms with Crippen LogP contribution in [0.4, 0.5) is 0 Å². The number of nitrogens with zero attached hydrogens (tertiary/aromatic N) is 2. The molecule has 0 saturated heterocycles. The van der Waals surface area contributed by atoms with Gasteiger partial charge in [-0.05, 0) is 25.4 Å². The van der Waals surface area contributed by atoms with Crippen molar-refractivity contribution < 1.29 is 9.22 Å². The molecule has 0 amide bonds. The van der Waals surface area contributed by atoms with Gasteiger partial charge in [0.25, 0.3) is 0 Å². The Morgan fingerprint density at radius 3 is 2.56 bits per heavy atom. The van der Waals surface area contributed by atoms with Gasteiger partial charge in [0, 0.05) is 18.4 Å². The highest BCUT2D eigenvalue weighted by atomic mass is 28.3. The van der Waals surface area contributed by atoms with E-state index >= 15 is 0 Å². The Hall–Kier alpha value is -0.943. The average Bonchev–Trinajstić information content (AvgIpc) is 2.57. The zero-order chi connectivity index (χ0) is 13.9. The summed E-state index contributed by atoms with van der Waals surface area (Å²) in [6, 6.07) is 0. The van der Waals surface area contributed by atoms with Gasteiger partial charge in [-0.1, -0.05) is 20.8 Å². The number of aromatic nitrogens is 2. The van der Waals surface area contributed by atoms with Crippen LogP contribution >= 0.6 is 0 Å². The lowest BCUT2D eigenvalue weighted by molar-refractivity contribution is 0.0690. The van der Waals surface area contributed by atoms with Crippen LogP contribution in [0.5, 0.6) is 0 Å². The van der Waals surface area contributed by atoms with Crippen molar-refractivity contribution >= 4 is 15.3 Å². The summed E-state index contributed by atoms with van der Waals surface area (Å²) in [7, 11) is -1.11. The normalized spacial score (nSPS) is 13.9. The molecule has 0 saturated carbocycles. The summed E-state index contributed by atoms with van der Waals surface area (Å²) in [6.45, 7) is 13.5. The Balaban J connectivity index is 2.95. The summed E-state index contributed by atoms with van der Waals surface area (Å²) in [4.78, 5) is 15.1. The number of aldehydes is 1. The molecule has 18 heavy (non-hydrogen) atoms. The fourth-order valence-electron chi connectivity index (χ4n) is 1.83. The van der Waals surface area contributed by atoms with Crippen LogP contribution < -0.4 is 0 Å². The molecule has 1 rings (SSSR count). The number of rotatable bonds is 5. The van der Waals surface area contributed by atoms with E-state index in [0.29, 0.717) is 12.4 Å². The third kappa shape index (κ3) is 3.78. The van der Waals surface area contributed by atoms with Crippen LogP contribution in [0.2, 0.25) is 13.1 Å². The van der Waals surface area contributed by atoms with Gasteiger partial charge in [0.1, 0.15) is 0 Å². The highest BCUT2D eigenvalue weighted by Gasteiger charge is 2.27. The van der Waals surface area contributed by atoms with Gasteiger partial charge in [-0.15, -0.1) is 0 Å². The SMILES string of the molecule is Cc1cnc(C=O)n1CC(O[SiH](C)C)C(C)(C)C. The topological polar surface area (TPSA) is 44.1 Å². The lowest BCUT2D eigenvalue weighted by Crippen LogP contribution is -2.37. The summed E-state index contributed by atoms with van der Waals surface area (Å²) in [6.07, 6.45) is 2.64. The molecule has 5 heteroatoms. The van der Waals surface area contributed by atoms with Crippen molar-refractivity contribution in [2.24, 2.45) is 5.41 Å². The van der Waals surface area contributed by atoms with Gasteiger partial charge in [0.2, 0.25) is 0 Å². The molecule has 0 aliphatic rings. The van der Waals surface area contributed by atoms with Crippen molar-refractivity contribution in [2.45, 2.75) is 53.4 Å². The molecular formula is C13H24N2O2Si. The van der Waals surface area contributed by atoms with E-state index in [4.69, 9.17) is 4.43 Å². The van der Waals surface area contributed by atoms with Crippen LogP contribution in [-0.4, -0.2) is 31.0 Å². The Morgan fingerprint density at radius 1 is 1.50 bits per heavy atom. The molecule has 1 aromatic rings. The zero-order valence-electron chi connectivity index (χ0n) is 12.2. The van der Waals surface area contributed by atoms with Gasteiger partial charge < -0.3 is 8.99 Å². The number of imidazole rings is 1. The number of carbonyl (C=O) groups is 1. The Labute approximate surface area is 111 Å². The number of hydrogen-bond donors (Lipinski definition) is 0. The summed E-state index contributed by atoms with van der Waals surface area (Å²) in [5.41, 5.74) is 1.05. The molecule has 0 N–H and O–H groups in total. The molecule has 102 valence electrons. The molecule has 0 bridgehead atoms. The molecule has 1 unspecified atom stereocenters. The molecule has 0 radical (unpaired) electrons. The van der Waals surface area contributed by atoms with Gasteiger partial charge in [-0.25, -0.2) is 4.98 Å². The molecule has 0 aromatic carbocycles. The summed E-state index contributed by atoms with van der Waals surface area (Å²) >= 11 is 0. The molecule has 1 aromatic heterocycles. The van der Waals surface area contributed by atoms with Crippen LogP contribution in [0.1, 0.15) is 37.1 Å². The van der Waals surface area contributed by atoms with Crippen LogP contribution in [0, 0.1) is 12.3 Å². The Morgan fingerprint density at radius 2 is 2.11 bits per heavy atom. The van der Waals surface area contributed by atoms with Crippen molar-refractivity contribution in [3.8, 4) is 0 Å². The highest BCUT2D eigenvalue weighted by molar-refractivity contribution is 6.48. The summed E-state index contributed by atoms with van der Waals surface area (Å²) in [5.74, 6) is 0.482. The van der Waals surface area contributed by atoms with Crippen LogP contribution in [0.25, 0.3) is 0 Å². The van der Waals surface area contributed by atoms with Crippen LogP contribution in [-0.2, 0) is 11.0 Å². The van der Waals surface area contributed by atoms with Crippen molar-refractivity contribution in [1.29, 1.82) is 0 Å². The fraction of sp³-hybridized carbons (Fsp3) is 0.692. The van der Waals surface area contributed by atoms with Crippen molar-refractivity contribution in [3.63, 3.8) is 0 Å². The van der Waals surface area contributed by atoms with Gasteiger partial charge in [0.05, 0.1) is 6.10 Å². The molecule has 1 atom stereocenters. The van der Waals surface area contributed by atoms with Crippen molar-refractivity contribution in [1.82, 2.24) is 9.55 Å². The van der Waals surface area contributed by atoms with E-state index in [0.717, 1.165) is 12.0 Å². The Bertz CT molecular complexity index is 408. The number of hydrogen-bond acceptors (Lipinski definition) is 3. The maximum Gasteiger partial charge on any atom is 0.185 e. The van der Waals surface area contributed by atoms with Crippen molar-refractivity contribution in [2.75, 3.05) is 0 Å².